The minimum atomic E-state index is -0.357. The number of aromatic nitrogens is 2. The molecule has 1 saturated heterocycles. The van der Waals surface area contributed by atoms with E-state index in [4.69, 9.17) is 0 Å². The first-order valence-electron chi connectivity index (χ1n) is 6.47. The number of piperazine rings is 1. The van der Waals surface area contributed by atoms with Crippen LogP contribution in [-0.4, -0.2) is 58.9 Å². The second-order valence-electron chi connectivity index (χ2n) is 5.27. The van der Waals surface area contributed by atoms with Crippen molar-refractivity contribution in [3.05, 3.63) is 24.3 Å². The standard InChI is InChI=1S/C13H18N4O/c1-16-6-8-17(9-7-16)12(18)13(2-3-13)11-10-14-4-5-15-11/h4-5,10H,2-3,6-9H2,1H3. The van der Waals surface area contributed by atoms with Crippen LogP contribution in [0.1, 0.15) is 18.5 Å². The maximum Gasteiger partial charge on any atom is 0.234 e. The van der Waals surface area contributed by atoms with Gasteiger partial charge in [-0.1, -0.05) is 0 Å². The Hall–Kier alpha value is -1.49. The van der Waals surface area contributed by atoms with E-state index in [0.29, 0.717) is 0 Å². The maximum absolute atomic E-state index is 12.6. The van der Waals surface area contributed by atoms with Crippen molar-refractivity contribution in [2.45, 2.75) is 18.3 Å². The predicted molar refractivity (Wildman–Crippen MR) is 67.0 cm³/mol. The third kappa shape index (κ3) is 1.88. The molecule has 1 aromatic heterocycles. The molecule has 96 valence electrons. The van der Waals surface area contributed by atoms with Crippen molar-refractivity contribution in [1.29, 1.82) is 0 Å². The van der Waals surface area contributed by atoms with Gasteiger partial charge in [-0.2, -0.15) is 0 Å². The zero-order valence-corrected chi connectivity index (χ0v) is 10.7. The summed E-state index contributed by atoms with van der Waals surface area (Å²) in [7, 11) is 2.09. The Morgan fingerprint density at radius 1 is 1.22 bits per heavy atom. The largest absolute Gasteiger partial charge is 0.339 e. The van der Waals surface area contributed by atoms with Gasteiger partial charge in [0.1, 0.15) is 0 Å². The normalized spacial score (nSPS) is 22.8. The molecule has 1 aromatic rings. The molecular formula is C13H18N4O. The van der Waals surface area contributed by atoms with Gasteiger partial charge in [0.25, 0.3) is 0 Å². The molecule has 0 radical (unpaired) electrons. The topological polar surface area (TPSA) is 49.3 Å². The van der Waals surface area contributed by atoms with Gasteiger partial charge in [-0.15, -0.1) is 0 Å². The van der Waals surface area contributed by atoms with Gasteiger partial charge in [-0.05, 0) is 19.9 Å². The average Bonchev–Trinajstić information content (AvgIpc) is 3.21. The van der Waals surface area contributed by atoms with Crippen LogP contribution < -0.4 is 0 Å². The summed E-state index contributed by atoms with van der Waals surface area (Å²) in [6.07, 6.45) is 6.89. The summed E-state index contributed by atoms with van der Waals surface area (Å²) >= 11 is 0. The van der Waals surface area contributed by atoms with Gasteiger partial charge in [0, 0.05) is 44.8 Å². The number of carbonyl (C=O) groups excluding carboxylic acids is 1. The number of hydrogen-bond donors (Lipinski definition) is 0. The van der Waals surface area contributed by atoms with E-state index < -0.39 is 0 Å². The van der Waals surface area contributed by atoms with E-state index in [0.717, 1.165) is 44.7 Å². The summed E-state index contributed by atoms with van der Waals surface area (Å²) < 4.78 is 0. The maximum atomic E-state index is 12.6. The first kappa shape index (κ1) is 11.6. The molecule has 5 nitrogen and oxygen atoms in total. The van der Waals surface area contributed by atoms with Crippen LogP contribution in [0.5, 0.6) is 0 Å². The molecule has 0 aromatic carbocycles. The van der Waals surface area contributed by atoms with E-state index in [9.17, 15) is 4.79 Å². The lowest BCUT2D eigenvalue weighted by molar-refractivity contribution is -0.135. The van der Waals surface area contributed by atoms with E-state index in [-0.39, 0.29) is 11.3 Å². The monoisotopic (exact) mass is 246 g/mol. The van der Waals surface area contributed by atoms with Crippen LogP contribution in [-0.2, 0) is 10.2 Å². The molecule has 2 heterocycles. The van der Waals surface area contributed by atoms with E-state index >= 15 is 0 Å². The third-order valence-corrected chi connectivity index (χ3v) is 4.00. The molecular weight excluding hydrogens is 228 g/mol. The molecule has 1 aliphatic heterocycles. The molecule has 18 heavy (non-hydrogen) atoms. The molecule has 1 amide bonds. The molecule has 0 N–H and O–H groups in total. The van der Waals surface area contributed by atoms with Gasteiger partial charge in [0.2, 0.25) is 5.91 Å². The van der Waals surface area contributed by atoms with Crippen molar-refractivity contribution in [3.8, 4) is 0 Å². The van der Waals surface area contributed by atoms with Crippen molar-refractivity contribution < 1.29 is 4.79 Å². The molecule has 0 unspecified atom stereocenters. The van der Waals surface area contributed by atoms with Crippen LogP contribution in [0.4, 0.5) is 0 Å². The van der Waals surface area contributed by atoms with Crippen LogP contribution in [0.25, 0.3) is 0 Å². The number of likely N-dealkylation sites (N-methyl/N-ethyl adjacent to an activating group) is 1. The molecule has 3 rings (SSSR count). The second-order valence-corrected chi connectivity index (χ2v) is 5.27. The summed E-state index contributed by atoms with van der Waals surface area (Å²) in [5, 5.41) is 0. The molecule has 1 saturated carbocycles. The minimum Gasteiger partial charge on any atom is -0.339 e. The highest BCUT2D eigenvalue weighted by molar-refractivity contribution is 5.90. The number of nitrogens with zero attached hydrogens (tertiary/aromatic N) is 4. The fourth-order valence-electron chi connectivity index (χ4n) is 2.56. The fourth-order valence-corrected chi connectivity index (χ4v) is 2.56. The zero-order valence-electron chi connectivity index (χ0n) is 10.7. The summed E-state index contributed by atoms with van der Waals surface area (Å²) in [5.74, 6) is 0.246. The molecule has 1 aliphatic carbocycles. The van der Waals surface area contributed by atoms with Crippen molar-refractivity contribution in [2.75, 3.05) is 33.2 Å². The van der Waals surface area contributed by atoms with Crippen molar-refractivity contribution >= 4 is 5.91 Å². The summed E-state index contributed by atoms with van der Waals surface area (Å²) in [5.41, 5.74) is 0.485. The van der Waals surface area contributed by atoms with Crippen molar-refractivity contribution in [1.82, 2.24) is 19.8 Å². The SMILES string of the molecule is CN1CCN(C(=O)C2(c3cnccn3)CC2)CC1. The predicted octanol–water partition coefficient (Wildman–Crippen LogP) is 0.282. The number of amides is 1. The van der Waals surface area contributed by atoms with Gasteiger partial charge >= 0.3 is 0 Å². The lowest BCUT2D eigenvalue weighted by atomic mass is 10.0. The Labute approximate surface area is 107 Å². The molecule has 0 spiro atoms. The Balaban J connectivity index is 1.77. The first-order valence-corrected chi connectivity index (χ1v) is 6.47. The Morgan fingerprint density at radius 2 is 1.94 bits per heavy atom. The van der Waals surface area contributed by atoms with Gasteiger partial charge < -0.3 is 9.80 Å². The lowest BCUT2D eigenvalue weighted by Crippen LogP contribution is -2.50. The van der Waals surface area contributed by atoms with Gasteiger partial charge in [-0.3, -0.25) is 14.8 Å². The zero-order chi connectivity index (χ0) is 12.6. The number of hydrogen-bond acceptors (Lipinski definition) is 4. The van der Waals surface area contributed by atoms with Gasteiger partial charge in [0.15, 0.2) is 0 Å². The molecule has 0 bridgehead atoms. The van der Waals surface area contributed by atoms with Crippen LogP contribution >= 0.6 is 0 Å². The average molecular weight is 246 g/mol. The van der Waals surface area contributed by atoms with E-state index in [1.165, 1.54) is 0 Å². The van der Waals surface area contributed by atoms with E-state index in [1.807, 2.05) is 4.90 Å². The van der Waals surface area contributed by atoms with Crippen molar-refractivity contribution in [3.63, 3.8) is 0 Å². The summed E-state index contributed by atoms with van der Waals surface area (Å²) in [6, 6.07) is 0. The molecule has 0 atom stereocenters. The van der Waals surface area contributed by atoms with Gasteiger partial charge in [0.05, 0.1) is 11.1 Å². The van der Waals surface area contributed by atoms with Crippen LogP contribution in [0.2, 0.25) is 0 Å². The fraction of sp³-hybridized carbons (Fsp3) is 0.615. The summed E-state index contributed by atoms with van der Waals surface area (Å²) in [4.78, 5) is 25.3. The molecule has 5 heteroatoms. The number of rotatable bonds is 2. The Bertz CT molecular complexity index is 436. The van der Waals surface area contributed by atoms with E-state index in [1.54, 1.807) is 18.6 Å². The number of carbonyl (C=O) groups is 1. The summed E-state index contributed by atoms with van der Waals surface area (Å²) in [6.45, 7) is 3.58. The van der Waals surface area contributed by atoms with E-state index in [2.05, 4.69) is 21.9 Å². The van der Waals surface area contributed by atoms with Crippen LogP contribution in [0.3, 0.4) is 0 Å². The van der Waals surface area contributed by atoms with Gasteiger partial charge in [-0.25, -0.2) is 0 Å². The van der Waals surface area contributed by atoms with Crippen molar-refractivity contribution in [2.24, 2.45) is 0 Å². The third-order valence-electron chi connectivity index (χ3n) is 4.00. The quantitative estimate of drug-likeness (QED) is 0.752. The highest BCUT2D eigenvalue weighted by Gasteiger charge is 2.54. The Morgan fingerprint density at radius 3 is 2.50 bits per heavy atom. The minimum absolute atomic E-state index is 0.246. The van der Waals surface area contributed by atoms with Crippen LogP contribution in [0.15, 0.2) is 18.6 Å². The Kier molecular flexibility index (Phi) is 2.78. The first-order chi connectivity index (χ1) is 8.72. The smallest absolute Gasteiger partial charge is 0.234 e. The van der Waals surface area contributed by atoms with Crippen LogP contribution in [0, 0.1) is 0 Å². The highest BCUT2D eigenvalue weighted by Crippen LogP contribution is 2.48. The molecule has 2 aliphatic rings. The lowest BCUT2D eigenvalue weighted by Gasteiger charge is -2.34. The molecule has 2 fully saturated rings. The second kappa shape index (κ2) is 4.31. The highest BCUT2D eigenvalue weighted by atomic mass is 16.2.